The summed E-state index contributed by atoms with van der Waals surface area (Å²) in [6.07, 6.45) is 3.33. The number of ether oxygens (including phenoxy) is 1. The molecule has 7 heteroatoms. The second kappa shape index (κ2) is 8.83. The lowest BCUT2D eigenvalue weighted by Crippen LogP contribution is -2.12. The van der Waals surface area contributed by atoms with Gasteiger partial charge in [-0.2, -0.15) is 5.10 Å². The number of benzene rings is 2. The molecule has 0 fully saturated rings. The quantitative estimate of drug-likeness (QED) is 0.444. The first-order valence-electron chi connectivity index (χ1n) is 8.11. The van der Waals surface area contributed by atoms with E-state index < -0.39 is 0 Å². The van der Waals surface area contributed by atoms with Gasteiger partial charge in [0.15, 0.2) is 0 Å². The second-order valence-corrected chi connectivity index (χ2v) is 7.28. The molecule has 1 heterocycles. The first kappa shape index (κ1) is 19.1. The predicted molar refractivity (Wildman–Crippen MR) is 114 cm³/mol. The Kier molecular flexibility index (Phi) is 6.26. The molecule has 0 radical (unpaired) electrons. The number of hydrogen-bond donors (Lipinski definition) is 1. The Morgan fingerprint density at radius 1 is 1.30 bits per heavy atom. The van der Waals surface area contributed by atoms with E-state index in [2.05, 4.69) is 32.6 Å². The Morgan fingerprint density at radius 3 is 2.89 bits per heavy atom. The van der Waals surface area contributed by atoms with Crippen LogP contribution in [-0.2, 0) is 0 Å². The van der Waals surface area contributed by atoms with Crippen molar-refractivity contribution in [1.82, 2.24) is 4.68 Å². The van der Waals surface area contributed by atoms with Crippen LogP contribution in [0, 0.1) is 0 Å². The molecule has 138 valence electrons. The monoisotopic (exact) mass is 443 g/mol. The molecule has 2 aromatic carbocycles. The lowest BCUT2D eigenvalue weighted by molar-refractivity contribution is 0.412. The first-order chi connectivity index (χ1) is 13.1. The van der Waals surface area contributed by atoms with Crippen LogP contribution in [-0.4, -0.2) is 29.7 Å². The van der Waals surface area contributed by atoms with Gasteiger partial charge in [-0.05, 0) is 30.3 Å². The summed E-state index contributed by atoms with van der Waals surface area (Å²) >= 11 is 5.00. The van der Waals surface area contributed by atoms with Crippen LogP contribution in [0.2, 0.25) is 0 Å². The van der Waals surface area contributed by atoms with Crippen LogP contribution >= 0.6 is 27.3 Å². The molecule has 0 unspecified atom stereocenters. The van der Waals surface area contributed by atoms with Crippen molar-refractivity contribution in [2.75, 3.05) is 13.7 Å². The Hall–Kier alpha value is -2.64. The normalized spacial score (nSPS) is 11.9. The van der Waals surface area contributed by atoms with Gasteiger partial charge in [-0.3, -0.25) is 4.99 Å². The summed E-state index contributed by atoms with van der Waals surface area (Å²) in [5, 5.41) is 16.7. The third kappa shape index (κ3) is 4.56. The van der Waals surface area contributed by atoms with Crippen LogP contribution in [0.4, 0.5) is 0 Å². The molecule has 0 saturated carbocycles. The van der Waals surface area contributed by atoms with Gasteiger partial charge in [0.25, 0.3) is 0 Å². The van der Waals surface area contributed by atoms with Crippen molar-refractivity contribution in [2.45, 2.75) is 0 Å². The Labute approximate surface area is 169 Å². The Bertz CT molecular complexity index is 1050. The summed E-state index contributed by atoms with van der Waals surface area (Å²) < 4.78 is 7.96. The highest BCUT2D eigenvalue weighted by Gasteiger charge is 2.08. The molecule has 0 aliphatic heterocycles. The molecule has 3 aromatic rings. The number of phenolic OH excluding ortho intramolecular Hbond substituents is 1. The molecule has 0 spiro atoms. The highest BCUT2D eigenvalue weighted by Crippen LogP contribution is 2.24. The average Bonchev–Trinajstić information content (AvgIpc) is 3.08. The minimum atomic E-state index is 0.129. The van der Waals surface area contributed by atoms with Crippen LogP contribution < -0.4 is 9.54 Å². The number of nitrogens with zero attached hydrogens (tertiary/aromatic N) is 3. The van der Waals surface area contributed by atoms with Crippen LogP contribution in [0.25, 0.3) is 11.3 Å². The summed E-state index contributed by atoms with van der Waals surface area (Å²) in [4.78, 5) is 5.25. The number of halogens is 1. The second-order valence-electron chi connectivity index (χ2n) is 5.52. The third-order valence-electron chi connectivity index (χ3n) is 3.71. The first-order valence-corrected chi connectivity index (χ1v) is 9.79. The zero-order chi connectivity index (χ0) is 19.2. The zero-order valence-electron chi connectivity index (χ0n) is 14.7. The fourth-order valence-electron chi connectivity index (χ4n) is 2.39. The van der Waals surface area contributed by atoms with E-state index in [1.807, 2.05) is 29.6 Å². The molecule has 1 aromatic heterocycles. The van der Waals surface area contributed by atoms with E-state index >= 15 is 0 Å². The predicted octanol–water partition coefficient (Wildman–Crippen LogP) is 4.66. The molecular weight excluding hydrogens is 426 g/mol. The summed E-state index contributed by atoms with van der Waals surface area (Å²) in [5.41, 5.74) is 2.47. The number of aromatic hydroxyl groups is 1. The van der Waals surface area contributed by atoms with Crippen molar-refractivity contribution in [3.63, 3.8) is 0 Å². The van der Waals surface area contributed by atoms with Gasteiger partial charge in [0.2, 0.25) is 4.80 Å². The molecule has 1 N–H and O–H groups in total. The van der Waals surface area contributed by atoms with Gasteiger partial charge in [-0.25, -0.2) is 4.68 Å². The minimum absolute atomic E-state index is 0.129. The lowest BCUT2D eigenvalue weighted by Gasteiger charge is -2.05. The number of aromatic nitrogens is 1. The van der Waals surface area contributed by atoms with E-state index in [0.29, 0.717) is 17.9 Å². The van der Waals surface area contributed by atoms with Crippen molar-refractivity contribution in [2.24, 2.45) is 10.1 Å². The van der Waals surface area contributed by atoms with Crippen LogP contribution in [0.5, 0.6) is 11.5 Å². The lowest BCUT2D eigenvalue weighted by atomic mass is 10.2. The van der Waals surface area contributed by atoms with E-state index in [-0.39, 0.29) is 5.75 Å². The third-order valence-corrected chi connectivity index (χ3v) is 5.06. The Balaban J connectivity index is 2.10. The topological polar surface area (TPSA) is 59.1 Å². The van der Waals surface area contributed by atoms with Crippen molar-refractivity contribution in [1.29, 1.82) is 0 Å². The Morgan fingerprint density at radius 2 is 2.15 bits per heavy atom. The van der Waals surface area contributed by atoms with E-state index in [1.165, 1.54) is 11.3 Å². The summed E-state index contributed by atoms with van der Waals surface area (Å²) in [6.45, 7) is 4.21. The maximum absolute atomic E-state index is 10.1. The molecule has 3 rings (SSSR count). The average molecular weight is 444 g/mol. The number of thiazole rings is 1. The van der Waals surface area contributed by atoms with E-state index in [9.17, 15) is 5.11 Å². The van der Waals surface area contributed by atoms with Gasteiger partial charge >= 0.3 is 0 Å². The van der Waals surface area contributed by atoms with Crippen molar-refractivity contribution >= 4 is 33.5 Å². The van der Waals surface area contributed by atoms with Crippen molar-refractivity contribution in [3.8, 4) is 22.8 Å². The zero-order valence-corrected chi connectivity index (χ0v) is 17.1. The molecule has 27 heavy (non-hydrogen) atoms. The van der Waals surface area contributed by atoms with Crippen LogP contribution in [0.3, 0.4) is 0 Å². The molecular formula is C20H18BrN3O2S. The molecule has 0 aliphatic carbocycles. The van der Waals surface area contributed by atoms with Gasteiger partial charge in [-0.15, -0.1) is 17.9 Å². The highest BCUT2D eigenvalue weighted by molar-refractivity contribution is 9.10. The van der Waals surface area contributed by atoms with E-state index in [4.69, 9.17) is 4.74 Å². The van der Waals surface area contributed by atoms with Gasteiger partial charge in [0, 0.05) is 21.0 Å². The molecule has 0 saturated heterocycles. The minimum Gasteiger partial charge on any atom is -0.507 e. The molecule has 0 bridgehead atoms. The maximum Gasteiger partial charge on any atom is 0.206 e. The summed E-state index contributed by atoms with van der Waals surface area (Å²) in [5.74, 6) is 0.775. The van der Waals surface area contributed by atoms with Crippen LogP contribution in [0.1, 0.15) is 5.56 Å². The van der Waals surface area contributed by atoms with Gasteiger partial charge in [0.05, 0.1) is 25.6 Å². The summed E-state index contributed by atoms with van der Waals surface area (Å²) in [7, 11) is 1.58. The van der Waals surface area contributed by atoms with Crippen LogP contribution in [0.15, 0.2) is 75.1 Å². The molecule has 0 aliphatic rings. The maximum atomic E-state index is 10.1. The molecule has 0 amide bonds. The standard InChI is InChI=1S/C20H18BrN3O2S/c1-3-9-22-20-24(18(13-27-20)14-5-4-6-16(21)10-14)23-12-15-11-17(26-2)7-8-19(15)25/h3-8,10-13,25H,1,9H2,2H3. The fraction of sp³-hybridized carbons (Fsp3) is 0.100. The number of methoxy groups -OCH3 is 1. The SMILES string of the molecule is C=CCN=c1scc(-c2cccc(Br)c2)n1N=Cc1cc(OC)ccc1O. The van der Waals surface area contributed by atoms with Gasteiger partial charge in [0.1, 0.15) is 11.5 Å². The van der Waals surface area contributed by atoms with Crippen molar-refractivity contribution in [3.05, 3.63) is 75.3 Å². The van der Waals surface area contributed by atoms with E-state index in [1.54, 1.807) is 42.3 Å². The molecule has 5 nitrogen and oxygen atoms in total. The fourth-order valence-corrected chi connectivity index (χ4v) is 3.64. The number of hydrogen-bond acceptors (Lipinski definition) is 5. The molecule has 0 atom stereocenters. The van der Waals surface area contributed by atoms with Gasteiger partial charge in [-0.1, -0.05) is 34.1 Å². The van der Waals surface area contributed by atoms with Crippen molar-refractivity contribution < 1.29 is 9.84 Å². The van der Waals surface area contributed by atoms with E-state index in [0.717, 1.165) is 20.5 Å². The smallest absolute Gasteiger partial charge is 0.206 e. The van der Waals surface area contributed by atoms with Gasteiger partial charge < -0.3 is 9.84 Å². The number of rotatable bonds is 6. The summed E-state index contributed by atoms with van der Waals surface area (Å²) in [6, 6.07) is 13.0. The highest BCUT2D eigenvalue weighted by atomic mass is 79.9. The number of phenols is 1. The largest absolute Gasteiger partial charge is 0.507 e.